The molecule has 4 nitrogen and oxygen atoms in total. The van der Waals surface area contributed by atoms with Crippen LogP contribution in [0.2, 0.25) is 0 Å². The highest BCUT2D eigenvalue weighted by Gasteiger charge is 2.03. The van der Waals surface area contributed by atoms with Crippen molar-refractivity contribution in [3.05, 3.63) is 18.6 Å². The van der Waals surface area contributed by atoms with E-state index in [1.54, 1.807) is 6.33 Å². The molecule has 0 saturated carbocycles. The van der Waals surface area contributed by atoms with Gasteiger partial charge in [0.25, 0.3) is 0 Å². The van der Waals surface area contributed by atoms with Gasteiger partial charge in [-0.1, -0.05) is 13.8 Å². The number of fused-ring (bicyclic) bond motifs is 1. The van der Waals surface area contributed by atoms with E-state index in [2.05, 4.69) is 34.1 Å². The summed E-state index contributed by atoms with van der Waals surface area (Å²) in [7, 11) is 0. The average molecular weight is 204 g/mol. The minimum Gasteiger partial charge on any atom is -0.369 e. The van der Waals surface area contributed by atoms with Gasteiger partial charge in [-0.3, -0.25) is 0 Å². The van der Waals surface area contributed by atoms with E-state index >= 15 is 0 Å². The van der Waals surface area contributed by atoms with Gasteiger partial charge >= 0.3 is 0 Å². The summed E-state index contributed by atoms with van der Waals surface area (Å²) < 4.78 is 0. The van der Waals surface area contributed by atoms with Crippen molar-refractivity contribution >= 4 is 16.9 Å². The van der Waals surface area contributed by atoms with Crippen molar-refractivity contribution in [2.24, 2.45) is 5.92 Å². The molecule has 0 atom stereocenters. The van der Waals surface area contributed by atoms with Crippen LogP contribution in [0.15, 0.2) is 18.6 Å². The van der Waals surface area contributed by atoms with E-state index in [1.165, 1.54) is 0 Å². The Hall–Kier alpha value is -1.58. The normalized spacial score (nSPS) is 11.1. The van der Waals surface area contributed by atoms with Crippen LogP contribution in [0, 0.1) is 5.92 Å². The monoisotopic (exact) mass is 204 g/mol. The van der Waals surface area contributed by atoms with Crippen molar-refractivity contribution in [2.75, 3.05) is 11.9 Å². The highest BCUT2D eigenvalue weighted by atomic mass is 15.0. The first kappa shape index (κ1) is 9.96. The van der Waals surface area contributed by atoms with Crippen molar-refractivity contribution in [3.8, 4) is 0 Å². The van der Waals surface area contributed by atoms with Gasteiger partial charge in [0.1, 0.15) is 17.8 Å². The van der Waals surface area contributed by atoms with Crippen LogP contribution in [-0.2, 0) is 0 Å². The van der Waals surface area contributed by atoms with E-state index in [9.17, 15) is 0 Å². The van der Waals surface area contributed by atoms with E-state index in [0.29, 0.717) is 5.92 Å². The van der Waals surface area contributed by atoms with E-state index in [0.717, 1.165) is 29.8 Å². The predicted octanol–water partition coefficient (Wildman–Crippen LogP) is 2.42. The third-order valence-electron chi connectivity index (χ3n) is 2.37. The lowest BCUT2D eigenvalue weighted by atomic mass is 10.1. The molecule has 4 heteroatoms. The Labute approximate surface area is 89.1 Å². The Kier molecular flexibility index (Phi) is 2.85. The molecule has 2 heterocycles. The maximum absolute atomic E-state index is 4.23. The Morgan fingerprint density at radius 3 is 3.07 bits per heavy atom. The number of nitrogens with zero attached hydrogens (tertiary/aromatic N) is 2. The van der Waals surface area contributed by atoms with E-state index in [-0.39, 0.29) is 0 Å². The van der Waals surface area contributed by atoms with Gasteiger partial charge < -0.3 is 10.3 Å². The van der Waals surface area contributed by atoms with Gasteiger partial charge in [-0.25, -0.2) is 9.97 Å². The second kappa shape index (κ2) is 4.29. The number of anilines is 1. The molecule has 0 aliphatic rings. The number of nitrogens with one attached hydrogen (secondary N) is 2. The molecule has 0 amide bonds. The van der Waals surface area contributed by atoms with E-state index in [1.807, 2.05) is 12.3 Å². The van der Waals surface area contributed by atoms with Crippen LogP contribution in [0.25, 0.3) is 11.0 Å². The first-order valence-electron chi connectivity index (χ1n) is 5.29. The quantitative estimate of drug-likeness (QED) is 0.804. The minimum atomic E-state index is 0.709. The van der Waals surface area contributed by atoms with Crippen molar-refractivity contribution in [1.29, 1.82) is 0 Å². The zero-order chi connectivity index (χ0) is 10.7. The summed E-state index contributed by atoms with van der Waals surface area (Å²) >= 11 is 0. The van der Waals surface area contributed by atoms with Crippen molar-refractivity contribution < 1.29 is 0 Å². The summed E-state index contributed by atoms with van der Waals surface area (Å²) in [5.41, 5.74) is 0.886. The summed E-state index contributed by atoms with van der Waals surface area (Å²) in [5, 5.41) is 4.39. The molecule has 0 radical (unpaired) electrons. The van der Waals surface area contributed by atoms with Crippen LogP contribution in [0.4, 0.5) is 5.82 Å². The van der Waals surface area contributed by atoms with Gasteiger partial charge in [0, 0.05) is 12.7 Å². The van der Waals surface area contributed by atoms with Crippen LogP contribution >= 0.6 is 0 Å². The fourth-order valence-electron chi connectivity index (χ4n) is 1.49. The number of rotatable bonds is 4. The third-order valence-corrected chi connectivity index (χ3v) is 2.37. The fraction of sp³-hybridized carbons (Fsp3) is 0.455. The van der Waals surface area contributed by atoms with Gasteiger partial charge in [0.2, 0.25) is 0 Å². The van der Waals surface area contributed by atoms with Crippen LogP contribution in [0.3, 0.4) is 0 Å². The molecule has 0 aliphatic carbocycles. The molecular weight excluding hydrogens is 188 g/mol. The SMILES string of the molecule is CC(C)CCNc1ncnc2[nH]ccc12. The number of aromatic nitrogens is 3. The van der Waals surface area contributed by atoms with Gasteiger partial charge in [0.15, 0.2) is 0 Å². The largest absolute Gasteiger partial charge is 0.369 e. The number of aromatic amines is 1. The van der Waals surface area contributed by atoms with Gasteiger partial charge in [-0.05, 0) is 18.4 Å². The standard InChI is InChI=1S/C11H16N4/c1-8(2)3-5-12-10-9-4-6-13-11(9)15-7-14-10/h4,6-8H,3,5H2,1-2H3,(H2,12,13,14,15). The number of hydrogen-bond acceptors (Lipinski definition) is 3. The lowest BCUT2D eigenvalue weighted by Gasteiger charge is -2.07. The highest BCUT2D eigenvalue weighted by Crippen LogP contribution is 2.17. The number of H-pyrrole nitrogens is 1. The molecule has 2 aromatic heterocycles. The Balaban J connectivity index is 2.10. The summed E-state index contributed by atoms with van der Waals surface area (Å²) in [4.78, 5) is 11.4. The molecule has 0 bridgehead atoms. The Morgan fingerprint density at radius 2 is 2.27 bits per heavy atom. The molecule has 2 aromatic rings. The fourth-order valence-corrected chi connectivity index (χ4v) is 1.49. The molecule has 2 rings (SSSR count). The smallest absolute Gasteiger partial charge is 0.142 e. The van der Waals surface area contributed by atoms with Crippen LogP contribution < -0.4 is 5.32 Å². The summed E-state index contributed by atoms with van der Waals surface area (Å²) in [5.74, 6) is 1.63. The second-order valence-electron chi connectivity index (χ2n) is 4.07. The van der Waals surface area contributed by atoms with Crippen LogP contribution in [0.5, 0.6) is 0 Å². The first-order chi connectivity index (χ1) is 7.27. The minimum absolute atomic E-state index is 0.709. The van der Waals surface area contributed by atoms with Gasteiger partial charge in [-0.2, -0.15) is 0 Å². The summed E-state index contributed by atoms with van der Waals surface area (Å²) in [6.07, 6.45) is 4.61. The predicted molar refractivity (Wildman–Crippen MR) is 61.8 cm³/mol. The van der Waals surface area contributed by atoms with E-state index in [4.69, 9.17) is 0 Å². The molecule has 0 saturated heterocycles. The molecule has 0 aliphatic heterocycles. The molecule has 0 fully saturated rings. The molecule has 80 valence electrons. The zero-order valence-electron chi connectivity index (χ0n) is 9.12. The van der Waals surface area contributed by atoms with Crippen LogP contribution in [-0.4, -0.2) is 21.5 Å². The zero-order valence-corrected chi connectivity index (χ0v) is 9.12. The number of hydrogen-bond donors (Lipinski definition) is 2. The topological polar surface area (TPSA) is 53.6 Å². The molecule has 0 unspecified atom stereocenters. The maximum atomic E-state index is 4.23. The van der Waals surface area contributed by atoms with Gasteiger partial charge in [0.05, 0.1) is 5.39 Å². The average Bonchev–Trinajstić information content (AvgIpc) is 2.65. The van der Waals surface area contributed by atoms with Gasteiger partial charge in [-0.15, -0.1) is 0 Å². The Bertz CT molecular complexity index is 433. The molecule has 2 N–H and O–H groups in total. The lowest BCUT2D eigenvalue weighted by molar-refractivity contribution is 0.607. The first-order valence-corrected chi connectivity index (χ1v) is 5.29. The van der Waals surface area contributed by atoms with Crippen molar-refractivity contribution in [2.45, 2.75) is 20.3 Å². The van der Waals surface area contributed by atoms with E-state index < -0.39 is 0 Å². The van der Waals surface area contributed by atoms with Crippen molar-refractivity contribution in [1.82, 2.24) is 15.0 Å². The van der Waals surface area contributed by atoms with Crippen LogP contribution in [0.1, 0.15) is 20.3 Å². The highest BCUT2D eigenvalue weighted by molar-refractivity contribution is 5.86. The summed E-state index contributed by atoms with van der Waals surface area (Å²) in [6.45, 7) is 5.38. The Morgan fingerprint density at radius 1 is 1.40 bits per heavy atom. The molecule has 0 spiro atoms. The summed E-state index contributed by atoms with van der Waals surface area (Å²) in [6, 6.07) is 1.99. The lowest BCUT2D eigenvalue weighted by Crippen LogP contribution is -2.06. The maximum Gasteiger partial charge on any atom is 0.142 e. The third kappa shape index (κ3) is 2.26. The molecule has 0 aromatic carbocycles. The second-order valence-corrected chi connectivity index (χ2v) is 4.07. The van der Waals surface area contributed by atoms with Crippen molar-refractivity contribution in [3.63, 3.8) is 0 Å². The molecule has 15 heavy (non-hydrogen) atoms. The molecular formula is C11H16N4.